The molecular weight excluding hydrogens is 447 g/mol. The van der Waals surface area contributed by atoms with Gasteiger partial charge in [0.2, 0.25) is 0 Å². The first-order valence-electron chi connectivity index (χ1n) is 10.8. The number of fused-ring (bicyclic) bond motifs is 2. The third-order valence-corrected chi connectivity index (χ3v) is 6.49. The first kappa shape index (κ1) is 20.3. The fourth-order valence-electron chi connectivity index (χ4n) is 4.60. The number of aromatic amines is 1. The maximum Gasteiger partial charge on any atom is 0.261 e. The van der Waals surface area contributed by atoms with Crippen LogP contribution in [0.3, 0.4) is 0 Å². The smallest absolute Gasteiger partial charge is 0.261 e. The molecule has 6 rings (SSSR count). The van der Waals surface area contributed by atoms with Crippen molar-refractivity contribution in [1.82, 2.24) is 24.7 Å². The number of H-pyrrole nitrogens is 1. The molecule has 0 bridgehead atoms. The highest BCUT2D eigenvalue weighted by atomic mass is 35.5. The molecule has 2 aliphatic heterocycles. The first-order valence-corrected chi connectivity index (χ1v) is 11.2. The predicted octanol–water partition coefficient (Wildman–Crippen LogP) is 3.50. The van der Waals surface area contributed by atoms with Gasteiger partial charge < -0.3 is 9.64 Å². The Morgan fingerprint density at radius 2 is 2.12 bits per heavy atom. The Labute approximate surface area is 193 Å². The van der Waals surface area contributed by atoms with Crippen molar-refractivity contribution in [2.24, 2.45) is 0 Å². The molecule has 0 saturated carbocycles. The second-order valence-electron chi connectivity index (χ2n) is 8.27. The summed E-state index contributed by atoms with van der Waals surface area (Å²) in [4.78, 5) is 25.0. The number of rotatable bonds is 3. The summed E-state index contributed by atoms with van der Waals surface area (Å²) in [6.07, 6.45) is 4.92. The zero-order chi connectivity index (χ0) is 22.5. The summed E-state index contributed by atoms with van der Waals surface area (Å²) < 4.78 is 22.6. The molecule has 0 amide bonds. The van der Waals surface area contributed by atoms with E-state index in [0.717, 1.165) is 12.0 Å². The van der Waals surface area contributed by atoms with E-state index in [2.05, 4.69) is 15.1 Å². The van der Waals surface area contributed by atoms with Gasteiger partial charge in [0.25, 0.3) is 5.56 Å². The highest BCUT2D eigenvalue weighted by Crippen LogP contribution is 2.33. The fraction of sp³-hybridized carbons (Fsp3) is 0.304. The molecule has 10 heteroatoms. The highest BCUT2D eigenvalue weighted by Gasteiger charge is 2.27. The van der Waals surface area contributed by atoms with Gasteiger partial charge in [0.05, 0.1) is 18.2 Å². The van der Waals surface area contributed by atoms with E-state index in [0.29, 0.717) is 65.9 Å². The van der Waals surface area contributed by atoms with E-state index in [1.165, 1.54) is 6.07 Å². The van der Waals surface area contributed by atoms with E-state index in [4.69, 9.17) is 26.3 Å². The third kappa shape index (κ3) is 3.48. The van der Waals surface area contributed by atoms with Crippen LogP contribution in [-0.4, -0.2) is 44.4 Å². The van der Waals surface area contributed by atoms with Crippen molar-refractivity contribution in [3.8, 4) is 11.3 Å². The van der Waals surface area contributed by atoms with Crippen molar-refractivity contribution in [1.29, 1.82) is 0 Å². The lowest BCUT2D eigenvalue weighted by atomic mass is 10.1. The molecule has 0 unspecified atom stereocenters. The zero-order valence-corrected chi connectivity index (χ0v) is 18.3. The lowest BCUT2D eigenvalue weighted by Crippen LogP contribution is -2.39. The molecule has 1 fully saturated rings. The number of ether oxygens (including phenoxy) is 1. The maximum atomic E-state index is 15.0. The van der Waals surface area contributed by atoms with Crippen LogP contribution in [0.4, 0.5) is 10.2 Å². The van der Waals surface area contributed by atoms with Crippen molar-refractivity contribution in [3.63, 3.8) is 0 Å². The van der Waals surface area contributed by atoms with Crippen molar-refractivity contribution in [3.05, 3.63) is 69.2 Å². The first-order chi connectivity index (χ1) is 16.1. The molecule has 1 N–H and O–H groups in total. The predicted molar refractivity (Wildman–Crippen MR) is 122 cm³/mol. The molecule has 2 aliphatic rings. The molecule has 0 radical (unpaired) electrons. The number of benzene rings is 1. The Hall–Kier alpha value is -3.30. The topological polar surface area (TPSA) is 88.9 Å². The molecule has 3 aromatic heterocycles. The Morgan fingerprint density at radius 1 is 1.21 bits per heavy atom. The van der Waals surface area contributed by atoms with Crippen LogP contribution in [0.5, 0.6) is 0 Å². The van der Waals surface area contributed by atoms with Gasteiger partial charge in [-0.05, 0) is 30.7 Å². The monoisotopic (exact) mass is 466 g/mol. The second-order valence-corrected chi connectivity index (χ2v) is 8.71. The Morgan fingerprint density at radius 3 is 2.94 bits per heavy atom. The zero-order valence-electron chi connectivity index (χ0n) is 17.6. The summed E-state index contributed by atoms with van der Waals surface area (Å²) in [5.74, 6) is 0.791. The Bertz CT molecular complexity index is 1420. The van der Waals surface area contributed by atoms with Gasteiger partial charge in [-0.15, -0.1) is 0 Å². The number of hydrogen-bond donors (Lipinski definition) is 1. The number of hydrogen-bond acceptors (Lipinski definition) is 6. The molecule has 0 aliphatic carbocycles. The summed E-state index contributed by atoms with van der Waals surface area (Å²) >= 11 is 5.98. The number of nitrogens with one attached hydrogen (secondary N) is 1. The fourth-order valence-corrected chi connectivity index (χ4v) is 4.76. The molecule has 168 valence electrons. The number of aryl methyl sites for hydroxylation is 1. The summed E-state index contributed by atoms with van der Waals surface area (Å²) in [7, 11) is 0. The number of anilines is 1. The number of aromatic nitrogens is 5. The van der Waals surface area contributed by atoms with E-state index in [1.807, 2.05) is 0 Å². The molecular formula is C23H20ClFN6O2. The van der Waals surface area contributed by atoms with Crippen molar-refractivity contribution in [2.45, 2.75) is 25.5 Å². The lowest BCUT2D eigenvalue weighted by molar-refractivity contribution is 0.0395. The largest absolute Gasteiger partial charge is 0.370 e. The minimum absolute atomic E-state index is 0.119. The molecule has 4 aromatic rings. The van der Waals surface area contributed by atoms with E-state index in [-0.39, 0.29) is 17.2 Å². The molecule has 5 heterocycles. The standard InChI is InChI=1S/C23H20ClFN6O2/c24-14-3-4-15(17(25)8-14)21-22-16(23(32)31-5-1-2-19(31)28-22)9-20(29-21)30-6-7-33-18(12-30)13-10-26-27-11-13/h3-4,8-11,18H,1-2,5-7,12H2,(H,26,27)/t18-/m1/s1. The van der Waals surface area contributed by atoms with Crippen LogP contribution < -0.4 is 10.5 Å². The summed E-state index contributed by atoms with van der Waals surface area (Å²) in [6, 6.07) is 6.22. The summed E-state index contributed by atoms with van der Waals surface area (Å²) in [6.45, 7) is 2.25. The van der Waals surface area contributed by atoms with E-state index < -0.39 is 5.82 Å². The van der Waals surface area contributed by atoms with Crippen LogP contribution >= 0.6 is 11.6 Å². The van der Waals surface area contributed by atoms with E-state index in [1.54, 1.807) is 35.2 Å². The second kappa shape index (κ2) is 7.93. The van der Waals surface area contributed by atoms with Gasteiger partial charge in [0, 0.05) is 48.4 Å². The van der Waals surface area contributed by atoms with Crippen LogP contribution in [0.25, 0.3) is 22.2 Å². The molecule has 1 saturated heterocycles. The van der Waals surface area contributed by atoms with Crippen molar-refractivity contribution < 1.29 is 9.13 Å². The summed E-state index contributed by atoms with van der Waals surface area (Å²) in [5.41, 5.74) is 1.84. The maximum absolute atomic E-state index is 15.0. The van der Waals surface area contributed by atoms with Crippen LogP contribution in [0.2, 0.25) is 5.02 Å². The molecule has 8 nitrogen and oxygen atoms in total. The molecule has 1 aromatic carbocycles. The number of nitrogens with zero attached hydrogens (tertiary/aromatic N) is 5. The Balaban J connectivity index is 1.54. The van der Waals surface area contributed by atoms with E-state index >= 15 is 0 Å². The van der Waals surface area contributed by atoms with Gasteiger partial charge in [0.15, 0.2) is 0 Å². The summed E-state index contributed by atoms with van der Waals surface area (Å²) in [5, 5.41) is 7.54. The quantitative estimate of drug-likeness (QED) is 0.497. The number of morpholine rings is 1. The molecule has 0 spiro atoms. The van der Waals surface area contributed by atoms with Crippen LogP contribution in [0.1, 0.15) is 23.9 Å². The van der Waals surface area contributed by atoms with Crippen LogP contribution in [-0.2, 0) is 17.7 Å². The minimum atomic E-state index is -0.505. The van der Waals surface area contributed by atoms with Crippen LogP contribution in [0.15, 0.2) is 41.5 Å². The van der Waals surface area contributed by atoms with Gasteiger partial charge in [-0.2, -0.15) is 5.10 Å². The van der Waals surface area contributed by atoms with Gasteiger partial charge >= 0.3 is 0 Å². The molecule has 1 atom stereocenters. The van der Waals surface area contributed by atoms with Gasteiger partial charge in [-0.25, -0.2) is 14.4 Å². The van der Waals surface area contributed by atoms with Gasteiger partial charge in [-0.1, -0.05) is 11.6 Å². The Kier molecular flexibility index (Phi) is 4.88. The van der Waals surface area contributed by atoms with Crippen molar-refractivity contribution >= 4 is 28.3 Å². The van der Waals surface area contributed by atoms with Crippen molar-refractivity contribution in [2.75, 3.05) is 24.6 Å². The third-order valence-electron chi connectivity index (χ3n) is 6.26. The average molecular weight is 467 g/mol. The molecule has 33 heavy (non-hydrogen) atoms. The highest BCUT2D eigenvalue weighted by molar-refractivity contribution is 6.30. The average Bonchev–Trinajstić information content (AvgIpc) is 3.52. The minimum Gasteiger partial charge on any atom is -0.370 e. The normalized spacial score (nSPS) is 18.1. The van der Waals surface area contributed by atoms with Crippen LogP contribution in [0, 0.1) is 5.82 Å². The number of halogens is 2. The van der Waals surface area contributed by atoms with E-state index in [9.17, 15) is 9.18 Å². The van der Waals surface area contributed by atoms with Gasteiger partial charge in [0.1, 0.15) is 34.8 Å². The van der Waals surface area contributed by atoms with Gasteiger partial charge in [-0.3, -0.25) is 14.5 Å². The SMILES string of the molecule is O=c1c2cc(N3CCO[C@@H](c4cn[nH]c4)C3)nc(-c3ccc(Cl)cc3F)c2nc2n1CCC2. The lowest BCUT2D eigenvalue weighted by Gasteiger charge is -2.33. The number of pyridine rings is 1.